The third-order valence-corrected chi connectivity index (χ3v) is 2.28. The van der Waals surface area contributed by atoms with Gasteiger partial charge in [0.15, 0.2) is 0 Å². The van der Waals surface area contributed by atoms with Crippen LogP contribution in [0.15, 0.2) is 36.6 Å². The van der Waals surface area contributed by atoms with Gasteiger partial charge in [0.25, 0.3) is 5.69 Å². The molecular formula is C10H9NO4. The molecule has 0 radical (unpaired) electrons. The van der Waals surface area contributed by atoms with Gasteiger partial charge in [0.2, 0.25) is 5.79 Å². The molecule has 0 bridgehead atoms. The van der Waals surface area contributed by atoms with Gasteiger partial charge in [0.05, 0.1) is 11.2 Å². The summed E-state index contributed by atoms with van der Waals surface area (Å²) in [6.45, 7) is 0. The monoisotopic (exact) mass is 207 g/mol. The van der Waals surface area contributed by atoms with E-state index in [-0.39, 0.29) is 17.7 Å². The predicted molar refractivity (Wildman–Crippen MR) is 51.8 cm³/mol. The SMILES string of the molecule is O=[N+]([O-])c1ccccc1C1(O)CC=CO1. The predicted octanol–water partition coefficient (Wildman–Crippen LogP) is 1.67. The average Bonchev–Trinajstić information content (AvgIpc) is 2.66. The second-order valence-electron chi connectivity index (χ2n) is 3.25. The second-order valence-corrected chi connectivity index (χ2v) is 3.25. The van der Waals surface area contributed by atoms with Crippen molar-refractivity contribution in [1.29, 1.82) is 0 Å². The summed E-state index contributed by atoms with van der Waals surface area (Å²) >= 11 is 0. The summed E-state index contributed by atoms with van der Waals surface area (Å²) in [7, 11) is 0. The third-order valence-electron chi connectivity index (χ3n) is 2.28. The first-order chi connectivity index (χ1) is 7.13. The van der Waals surface area contributed by atoms with Gasteiger partial charge in [0, 0.05) is 12.5 Å². The number of hydrogen-bond donors (Lipinski definition) is 1. The van der Waals surface area contributed by atoms with Crippen molar-refractivity contribution in [3.63, 3.8) is 0 Å². The number of nitro benzene ring substituents is 1. The van der Waals surface area contributed by atoms with Crippen LogP contribution in [0.25, 0.3) is 0 Å². The summed E-state index contributed by atoms with van der Waals surface area (Å²) in [5, 5.41) is 20.7. The van der Waals surface area contributed by atoms with Crippen LogP contribution in [0.5, 0.6) is 0 Å². The van der Waals surface area contributed by atoms with Crippen LogP contribution in [0, 0.1) is 10.1 Å². The number of rotatable bonds is 2. The molecular weight excluding hydrogens is 198 g/mol. The lowest BCUT2D eigenvalue weighted by Crippen LogP contribution is -2.24. The van der Waals surface area contributed by atoms with Crippen LogP contribution in [0.3, 0.4) is 0 Å². The summed E-state index contributed by atoms with van der Waals surface area (Å²) in [6.07, 6.45) is 3.19. The number of para-hydroxylation sites is 1. The number of nitro groups is 1. The van der Waals surface area contributed by atoms with E-state index in [1.807, 2.05) is 0 Å². The molecule has 1 unspecified atom stereocenters. The molecule has 1 N–H and O–H groups in total. The van der Waals surface area contributed by atoms with E-state index in [9.17, 15) is 15.2 Å². The first kappa shape index (κ1) is 9.67. The van der Waals surface area contributed by atoms with E-state index in [1.54, 1.807) is 18.2 Å². The molecule has 1 aliphatic rings. The number of nitrogens with zero attached hydrogens (tertiary/aromatic N) is 1. The minimum Gasteiger partial charge on any atom is -0.466 e. The molecule has 1 atom stereocenters. The topological polar surface area (TPSA) is 72.6 Å². The Balaban J connectivity index is 2.47. The number of ether oxygens (including phenoxy) is 1. The normalized spacial score (nSPS) is 23.8. The Morgan fingerprint density at radius 1 is 1.47 bits per heavy atom. The molecule has 0 amide bonds. The molecule has 1 aromatic carbocycles. The minimum absolute atomic E-state index is 0.135. The van der Waals surface area contributed by atoms with Crippen LogP contribution in [0.4, 0.5) is 5.69 Å². The summed E-state index contributed by atoms with van der Waals surface area (Å²) in [6, 6.07) is 6.01. The van der Waals surface area contributed by atoms with E-state index in [4.69, 9.17) is 4.74 Å². The molecule has 0 fully saturated rings. The van der Waals surface area contributed by atoms with Crippen molar-refractivity contribution >= 4 is 5.69 Å². The lowest BCUT2D eigenvalue weighted by Gasteiger charge is -2.21. The van der Waals surface area contributed by atoms with Gasteiger partial charge in [-0.05, 0) is 12.1 Å². The fraction of sp³-hybridized carbons (Fsp3) is 0.200. The Morgan fingerprint density at radius 3 is 2.80 bits per heavy atom. The Kier molecular flexibility index (Phi) is 2.17. The average molecular weight is 207 g/mol. The molecule has 2 rings (SSSR count). The van der Waals surface area contributed by atoms with Crippen molar-refractivity contribution in [1.82, 2.24) is 0 Å². The van der Waals surface area contributed by atoms with Gasteiger partial charge in [-0.1, -0.05) is 12.1 Å². The Morgan fingerprint density at radius 2 is 2.20 bits per heavy atom. The highest BCUT2D eigenvalue weighted by molar-refractivity contribution is 5.43. The van der Waals surface area contributed by atoms with Crippen molar-refractivity contribution in [2.24, 2.45) is 0 Å². The molecule has 1 heterocycles. The van der Waals surface area contributed by atoms with Crippen LogP contribution in [0.1, 0.15) is 12.0 Å². The fourth-order valence-electron chi connectivity index (χ4n) is 1.55. The summed E-state index contributed by atoms with van der Waals surface area (Å²) < 4.78 is 4.99. The first-order valence-corrected chi connectivity index (χ1v) is 4.42. The maximum absolute atomic E-state index is 10.7. The van der Waals surface area contributed by atoms with E-state index < -0.39 is 10.7 Å². The first-order valence-electron chi connectivity index (χ1n) is 4.42. The number of aliphatic hydroxyl groups is 1. The van der Waals surface area contributed by atoms with Gasteiger partial charge in [-0.2, -0.15) is 0 Å². The summed E-state index contributed by atoms with van der Waals surface area (Å²) in [5.41, 5.74) is 0.0451. The van der Waals surface area contributed by atoms with Gasteiger partial charge in [0.1, 0.15) is 5.56 Å². The summed E-state index contributed by atoms with van der Waals surface area (Å²) in [5.74, 6) is -1.59. The van der Waals surface area contributed by atoms with E-state index in [1.165, 1.54) is 18.4 Å². The molecule has 5 heteroatoms. The van der Waals surface area contributed by atoms with Gasteiger partial charge in [-0.3, -0.25) is 10.1 Å². The molecule has 0 aliphatic carbocycles. The van der Waals surface area contributed by atoms with Crippen molar-refractivity contribution in [2.75, 3.05) is 0 Å². The Hall–Kier alpha value is -1.88. The van der Waals surface area contributed by atoms with Crippen molar-refractivity contribution in [2.45, 2.75) is 12.2 Å². The Labute approximate surface area is 85.8 Å². The van der Waals surface area contributed by atoms with Crippen LogP contribution in [0.2, 0.25) is 0 Å². The molecule has 0 spiro atoms. The largest absolute Gasteiger partial charge is 0.466 e. The van der Waals surface area contributed by atoms with E-state index in [0.29, 0.717) is 0 Å². The maximum atomic E-state index is 10.7. The fourth-order valence-corrected chi connectivity index (χ4v) is 1.55. The van der Waals surface area contributed by atoms with E-state index in [0.717, 1.165) is 0 Å². The van der Waals surface area contributed by atoms with Gasteiger partial charge < -0.3 is 9.84 Å². The minimum atomic E-state index is -1.59. The standard InChI is InChI=1S/C10H9NO4/c12-10(6-3-7-15-10)8-4-1-2-5-9(8)11(13)14/h1-5,7,12H,6H2. The van der Waals surface area contributed by atoms with E-state index in [2.05, 4.69) is 0 Å². The number of hydrogen-bond acceptors (Lipinski definition) is 4. The van der Waals surface area contributed by atoms with Crippen LogP contribution >= 0.6 is 0 Å². The van der Waals surface area contributed by atoms with Crippen molar-refractivity contribution < 1.29 is 14.8 Å². The number of benzene rings is 1. The zero-order valence-electron chi connectivity index (χ0n) is 7.79. The quantitative estimate of drug-likeness (QED) is 0.591. The molecule has 15 heavy (non-hydrogen) atoms. The second kappa shape index (κ2) is 3.36. The van der Waals surface area contributed by atoms with Crippen LogP contribution in [-0.2, 0) is 10.5 Å². The van der Waals surface area contributed by atoms with Crippen LogP contribution < -0.4 is 0 Å². The summed E-state index contributed by atoms with van der Waals surface area (Å²) in [4.78, 5) is 10.2. The molecule has 78 valence electrons. The van der Waals surface area contributed by atoms with Crippen molar-refractivity contribution in [3.05, 3.63) is 52.3 Å². The zero-order valence-corrected chi connectivity index (χ0v) is 7.79. The van der Waals surface area contributed by atoms with E-state index >= 15 is 0 Å². The zero-order chi connectivity index (χ0) is 10.9. The molecule has 0 saturated heterocycles. The van der Waals surface area contributed by atoms with Gasteiger partial charge in [-0.15, -0.1) is 0 Å². The maximum Gasteiger partial charge on any atom is 0.279 e. The lowest BCUT2D eigenvalue weighted by molar-refractivity contribution is -0.388. The molecule has 1 aliphatic heterocycles. The Bertz CT molecular complexity index is 419. The third kappa shape index (κ3) is 1.57. The van der Waals surface area contributed by atoms with Crippen molar-refractivity contribution in [3.8, 4) is 0 Å². The smallest absolute Gasteiger partial charge is 0.279 e. The van der Waals surface area contributed by atoms with Gasteiger partial charge in [-0.25, -0.2) is 0 Å². The highest BCUT2D eigenvalue weighted by Gasteiger charge is 2.38. The van der Waals surface area contributed by atoms with Crippen LogP contribution in [-0.4, -0.2) is 10.0 Å². The molecule has 5 nitrogen and oxygen atoms in total. The lowest BCUT2D eigenvalue weighted by atomic mass is 10.0. The highest BCUT2D eigenvalue weighted by atomic mass is 16.6. The molecule has 0 saturated carbocycles. The molecule has 1 aromatic rings. The molecule has 0 aromatic heterocycles. The highest BCUT2D eigenvalue weighted by Crippen LogP contribution is 2.36. The van der Waals surface area contributed by atoms with Gasteiger partial charge >= 0.3 is 0 Å².